The molecule has 126 valence electrons. The largest absolute Gasteiger partial charge is 0.326 e. The second-order valence-corrected chi connectivity index (χ2v) is 5.57. The van der Waals surface area contributed by atoms with Crippen molar-refractivity contribution < 1.29 is 14.0 Å². The standard InChI is InChI=1S/C18H15FN4O2/c19-14-3-1-2-4-16(14)23-10-9-15(17(23)24)22-18(25)21-13-7-5-12(11-20)6-8-13/h1-8,15H,9-10H2,(H2,21,22,25). The van der Waals surface area contributed by atoms with Gasteiger partial charge in [0, 0.05) is 12.2 Å². The third-order valence-electron chi connectivity index (χ3n) is 3.93. The molecule has 1 unspecified atom stereocenters. The molecule has 1 atom stereocenters. The minimum atomic E-state index is -0.710. The van der Waals surface area contributed by atoms with Gasteiger partial charge >= 0.3 is 6.03 Å². The molecule has 6 nitrogen and oxygen atoms in total. The van der Waals surface area contributed by atoms with E-state index in [2.05, 4.69) is 10.6 Å². The Kier molecular flexibility index (Phi) is 4.61. The number of rotatable bonds is 3. The van der Waals surface area contributed by atoms with Crippen LogP contribution in [0.3, 0.4) is 0 Å². The molecule has 2 aromatic carbocycles. The number of hydrogen-bond acceptors (Lipinski definition) is 3. The first-order chi connectivity index (χ1) is 12.1. The molecule has 7 heteroatoms. The Morgan fingerprint density at radius 2 is 1.92 bits per heavy atom. The van der Waals surface area contributed by atoms with Crippen molar-refractivity contribution in [2.24, 2.45) is 0 Å². The molecule has 3 rings (SSSR count). The first kappa shape index (κ1) is 16.5. The summed E-state index contributed by atoms with van der Waals surface area (Å²) in [5, 5.41) is 13.9. The molecule has 0 bridgehead atoms. The van der Waals surface area contributed by atoms with Crippen LogP contribution in [0.5, 0.6) is 0 Å². The van der Waals surface area contributed by atoms with Gasteiger partial charge in [-0.2, -0.15) is 5.26 Å². The van der Waals surface area contributed by atoms with E-state index in [9.17, 15) is 14.0 Å². The predicted molar refractivity (Wildman–Crippen MR) is 90.5 cm³/mol. The average molecular weight is 338 g/mol. The maximum Gasteiger partial charge on any atom is 0.319 e. The van der Waals surface area contributed by atoms with Crippen molar-refractivity contribution in [1.29, 1.82) is 5.26 Å². The summed E-state index contributed by atoms with van der Waals surface area (Å²) in [6, 6.07) is 13.1. The van der Waals surface area contributed by atoms with Crippen molar-refractivity contribution >= 4 is 23.3 Å². The van der Waals surface area contributed by atoms with Crippen LogP contribution in [-0.2, 0) is 4.79 Å². The lowest BCUT2D eigenvalue weighted by Crippen LogP contribution is -2.43. The highest BCUT2D eigenvalue weighted by Gasteiger charge is 2.34. The number of nitriles is 1. The van der Waals surface area contributed by atoms with E-state index < -0.39 is 17.9 Å². The zero-order valence-electron chi connectivity index (χ0n) is 13.2. The van der Waals surface area contributed by atoms with Crippen molar-refractivity contribution in [2.75, 3.05) is 16.8 Å². The van der Waals surface area contributed by atoms with E-state index in [1.54, 1.807) is 36.4 Å². The second kappa shape index (κ2) is 7.01. The van der Waals surface area contributed by atoms with Gasteiger partial charge in [-0.3, -0.25) is 4.79 Å². The van der Waals surface area contributed by atoms with Crippen LogP contribution in [0.2, 0.25) is 0 Å². The van der Waals surface area contributed by atoms with Gasteiger partial charge in [0.2, 0.25) is 5.91 Å². The van der Waals surface area contributed by atoms with E-state index in [1.165, 1.54) is 17.0 Å². The van der Waals surface area contributed by atoms with Gasteiger partial charge in [0.25, 0.3) is 0 Å². The van der Waals surface area contributed by atoms with E-state index in [0.717, 1.165) is 0 Å². The first-order valence-electron chi connectivity index (χ1n) is 7.72. The maximum absolute atomic E-state index is 13.8. The Morgan fingerprint density at radius 1 is 1.20 bits per heavy atom. The number of benzene rings is 2. The average Bonchev–Trinajstić information content (AvgIpc) is 2.96. The van der Waals surface area contributed by atoms with Gasteiger partial charge in [-0.1, -0.05) is 12.1 Å². The highest BCUT2D eigenvalue weighted by molar-refractivity contribution is 6.02. The maximum atomic E-state index is 13.8. The number of urea groups is 1. The van der Waals surface area contributed by atoms with Crippen LogP contribution in [0.25, 0.3) is 0 Å². The molecule has 0 saturated carbocycles. The molecule has 3 amide bonds. The van der Waals surface area contributed by atoms with Crippen LogP contribution in [0.4, 0.5) is 20.6 Å². The third-order valence-corrected chi connectivity index (χ3v) is 3.93. The zero-order chi connectivity index (χ0) is 17.8. The highest BCUT2D eigenvalue weighted by Crippen LogP contribution is 2.24. The van der Waals surface area contributed by atoms with Gasteiger partial charge in [-0.05, 0) is 42.8 Å². The number of halogens is 1. The third kappa shape index (κ3) is 3.58. The van der Waals surface area contributed by atoms with Crippen LogP contribution in [-0.4, -0.2) is 24.5 Å². The minimum absolute atomic E-state index is 0.212. The van der Waals surface area contributed by atoms with Crippen molar-refractivity contribution in [3.63, 3.8) is 0 Å². The normalized spacial score (nSPS) is 16.4. The molecule has 1 heterocycles. The van der Waals surface area contributed by atoms with Crippen LogP contribution in [0, 0.1) is 17.1 Å². The molecule has 1 fully saturated rings. The fourth-order valence-electron chi connectivity index (χ4n) is 2.68. The number of hydrogen-bond donors (Lipinski definition) is 2. The smallest absolute Gasteiger partial charge is 0.319 e. The van der Waals surface area contributed by atoms with E-state index >= 15 is 0 Å². The van der Waals surface area contributed by atoms with Crippen molar-refractivity contribution in [1.82, 2.24) is 5.32 Å². The van der Waals surface area contributed by atoms with E-state index in [-0.39, 0.29) is 11.6 Å². The quantitative estimate of drug-likeness (QED) is 0.902. The van der Waals surface area contributed by atoms with Crippen molar-refractivity contribution in [3.8, 4) is 6.07 Å². The van der Waals surface area contributed by atoms with E-state index in [0.29, 0.717) is 24.2 Å². The summed E-state index contributed by atoms with van der Waals surface area (Å²) in [6.07, 6.45) is 0.397. The Morgan fingerprint density at radius 3 is 2.60 bits per heavy atom. The van der Waals surface area contributed by atoms with Gasteiger partial charge in [-0.15, -0.1) is 0 Å². The number of nitrogens with zero attached hydrogens (tertiary/aromatic N) is 2. The molecule has 0 spiro atoms. The summed E-state index contributed by atoms with van der Waals surface area (Å²) in [7, 11) is 0. The lowest BCUT2D eigenvalue weighted by molar-refractivity contribution is -0.118. The SMILES string of the molecule is N#Cc1ccc(NC(=O)NC2CCN(c3ccccc3F)C2=O)cc1. The topological polar surface area (TPSA) is 85.2 Å². The molecule has 1 aliphatic heterocycles. The van der Waals surface area contributed by atoms with Crippen molar-refractivity contribution in [2.45, 2.75) is 12.5 Å². The molecule has 0 aliphatic carbocycles. The van der Waals surface area contributed by atoms with Gasteiger partial charge in [0.1, 0.15) is 11.9 Å². The van der Waals surface area contributed by atoms with Gasteiger partial charge in [-0.25, -0.2) is 9.18 Å². The van der Waals surface area contributed by atoms with Crippen LogP contribution < -0.4 is 15.5 Å². The Labute approximate surface area is 143 Å². The summed E-state index contributed by atoms with van der Waals surface area (Å²) < 4.78 is 13.8. The fraction of sp³-hybridized carbons (Fsp3) is 0.167. The zero-order valence-corrected chi connectivity index (χ0v) is 13.2. The number of carbonyl (C=O) groups excluding carboxylic acids is 2. The van der Waals surface area contributed by atoms with E-state index in [1.807, 2.05) is 6.07 Å². The lowest BCUT2D eigenvalue weighted by Gasteiger charge is -2.18. The first-order valence-corrected chi connectivity index (χ1v) is 7.72. The number of nitrogens with one attached hydrogen (secondary N) is 2. The summed E-state index contributed by atoms with van der Waals surface area (Å²) >= 11 is 0. The van der Waals surface area contributed by atoms with Crippen molar-refractivity contribution in [3.05, 3.63) is 59.9 Å². The number of amides is 3. The molecule has 2 N–H and O–H groups in total. The molecule has 1 aliphatic rings. The molecular weight excluding hydrogens is 323 g/mol. The Bertz CT molecular complexity index is 845. The van der Waals surface area contributed by atoms with Gasteiger partial charge in [0.15, 0.2) is 0 Å². The summed E-state index contributed by atoms with van der Waals surface area (Å²) in [4.78, 5) is 25.8. The van der Waals surface area contributed by atoms with Gasteiger partial charge < -0.3 is 15.5 Å². The number of para-hydroxylation sites is 1. The molecular formula is C18H15FN4O2. The fourth-order valence-corrected chi connectivity index (χ4v) is 2.68. The minimum Gasteiger partial charge on any atom is -0.326 e. The van der Waals surface area contributed by atoms with E-state index in [4.69, 9.17) is 5.26 Å². The predicted octanol–water partition coefficient (Wildman–Crippen LogP) is 2.62. The molecule has 25 heavy (non-hydrogen) atoms. The number of anilines is 2. The van der Waals surface area contributed by atoms with Crippen LogP contribution in [0.1, 0.15) is 12.0 Å². The summed E-state index contributed by atoms with van der Waals surface area (Å²) in [5.74, 6) is -0.821. The van der Waals surface area contributed by atoms with Crippen LogP contribution >= 0.6 is 0 Å². The second-order valence-electron chi connectivity index (χ2n) is 5.57. The summed E-state index contributed by atoms with van der Waals surface area (Å²) in [5.41, 5.74) is 1.20. The Balaban J connectivity index is 1.61. The summed E-state index contributed by atoms with van der Waals surface area (Å²) in [6.45, 7) is 0.335. The number of carbonyl (C=O) groups is 2. The molecule has 0 aromatic heterocycles. The molecule has 0 radical (unpaired) electrons. The van der Waals surface area contributed by atoms with Gasteiger partial charge in [0.05, 0.1) is 17.3 Å². The molecule has 1 saturated heterocycles. The Hall–Kier alpha value is -3.40. The monoisotopic (exact) mass is 338 g/mol. The molecule has 2 aromatic rings. The highest BCUT2D eigenvalue weighted by atomic mass is 19.1. The van der Waals surface area contributed by atoms with Crippen LogP contribution in [0.15, 0.2) is 48.5 Å². The lowest BCUT2D eigenvalue weighted by atomic mass is 10.2.